The fraction of sp³-hybridized carbons (Fsp3) is 0.500. The summed E-state index contributed by atoms with van der Waals surface area (Å²) >= 11 is 0. The summed E-state index contributed by atoms with van der Waals surface area (Å²) in [6.07, 6.45) is 0. The van der Waals surface area contributed by atoms with Crippen molar-refractivity contribution in [3.05, 3.63) is 29.5 Å². The second-order valence-corrected chi connectivity index (χ2v) is 6.39. The van der Waals surface area contributed by atoms with Crippen LogP contribution in [0.4, 0.5) is 0 Å². The van der Waals surface area contributed by atoms with Gasteiger partial charge in [-0.25, -0.2) is 0 Å². The molecule has 0 spiro atoms. The molecule has 3 rings (SSSR count). The van der Waals surface area contributed by atoms with Gasteiger partial charge >= 0.3 is 0 Å². The molecule has 2 aromatic rings. The van der Waals surface area contributed by atoms with E-state index in [9.17, 15) is 4.79 Å². The average molecular weight is 353 g/mol. The van der Waals surface area contributed by atoms with Crippen molar-refractivity contribution in [3.63, 3.8) is 0 Å². The maximum atomic E-state index is 12.4. The number of furan rings is 1. The van der Waals surface area contributed by atoms with Crippen molar-refractivity contribution in [1.29, 1.82) is 0 Å². The summed E-state index contributed by atoms with van der Waals surface area (Å²) < 4.78 is 11.2. The van der Waals surface area contributed by atoms with Crippen molar-refractivity contribution < 1.29 is 13.9 Å². The quantitative estimate of drug-likeness (QED) is 0.867. The fourth-order valence-corrected chi connectivity index (χ4v) is 3.05. The first kappa shape index (κ1) is 18.6. The maximum Gasteiger partial charge on any atom is 0.223 e. The minimum Gasteiger partial charge on any atom is -0.497 e. The number of nitrogens with one attached hydrogen (secondary N) is 2. The van der Waals surface area contributed by atoms with E-state index < -0.39 is 0 Å². The molecule has 0 saturated carbocycles. The summed E-state index contributed by atoms with van der Waals surface area (Å²) in [5.74, 6) is 2.14. The molecule has 1 aromatic carbocycles. The van der Waals surface area contributed by atoms with Crippen LogP contribution >= 0.6 is 12.4 Å². The van der Waals surface area contributed by atoms with Crippen LogP contribution in [-0.4, -0.2) is 26.1 Å². The van der Waals surface area contributed by atoms with Crippen LogP contribution in [-0.2, 0) is 4.79 Å². The molecule has 0 bridgehead atoms. The van der Waals surface area contributed by atoms with Gasteiger partial charge in [-0.15, -0.1) is 12.4 Å². The molecule has 1 aromatic heterocycles. The van der Waals surface area contributed by atoms with Gasteiger partial charge in [0.15, 0.2) is 0 Å². The largest absolute Gasteiger partial charge is 0.497 e. The van der Waals surface area contributed by atoms with E-state index in [0.717, 1.165) is 41.1 Å². The molecule has 1 saturated heterocycles. The van der Waals surface area contributed by atoms with E-state index in [1.54, 1.807) is 7.11 Å². The van der Waals surface area contributed by atoms with Crippen molar-refractivity contribution in [2.24, 2.45) is 11.8 Å². The fourth-order valence-electron chi connectivity index (χ4n) is 3.05. The molecule has 5 nitrogen and oxygen atoms in total. The Morgan fingerprint density at radius 3 is 2.67 bits per heavy atom. The number of carbonyl (C=O) groups excluding carboxylic acids is 1. The molecule has 132 valence electrons. The Kier molecular flexibility index (Phi) is 5.78. The first-order chi connectivity index (χ1) is 11.0. The molecule has 2 atom stereocenters. The zero-order chi connectivity index (χ0) is 16.6. The summed E-state index contributed by atoms with van der Waals surface area (Å²) in [6, 6.07) is 5.59. The number of hydrogen-bond acceptors (Lipinski definition) is 4. The number of amides is 1. The Bertz CT molecular complexity index is 724. The van der Waals surface area contributed by atoms with E-state index in [-0.39, 0.29) is 30.3 Å². The number of hydrogen-bond donors (Lipinski definition) is 2. The zero-order valence-corrected chi connectivity index (χ0v) is 15.3. The Morgan fingerprint density at radius 1 is 1.38 bits per heavy atom. The molecule has 0 aliphatic carbocycles. The van der Waals surface area contributed by atoms with E-state index >= 15 is 0 Å². The molecule has 2 heterocycles. The summed E-state index contributed by atoms with van der Waals surface area (Å²) in [5.41, 5.74) is 1.86. The van der Waals surface area contributed by atoms with Crippen LogP contribution in [0, 0.1) is 18.8 Å². The molecule has 1 aliphatic rings. The molecule has 0 radical (unpaired) electrons. The van der Waals surface area contributed by atoms with Gasteiger partial charge in [-0.05, 0) is 51.1 Å². The first-order valence-corrected chi connectivity index (χ1v) is 8.09. The minimum atomic E-state index is -0.156. The van der Waals surface area contributed by atoms with Gasteiger partial charge in [0.25, 0.3) is 0 Å². The molecule has 2 unspecified atom stereocenters. The van der Waals surface area contributed by atoms with Gasteiger partial charge in [0.1, 0.15) is 17.1 Å². The van der Waals surface area contributed by atoms with Crippen LogP contribution in [0.5, 0.6) is 5.75 Å². The summed E-state index contributed by atoms with van der Waals surface area (Å²) in [4.78, 5) is 12.4. The van der Waals surface area contributed by atoms with Gasteiger partial charge in [-0.1, -0.05) is 6.92 Å². The van der Waals surface area contributed by atoms with Crippen LogP contribution < -0.4 is 15.4 Å². The van der Waals surface area contributed by atoms with E-state index in [4.69, 9.17) is 9.15 Å². The Morgan fingerprint density at radius 2 is 2.08 bits per heavy atom. The number of fused-ring (bicyclic) bond motifs is 1. The van der Waals surface area contributed by atoms with E-state index in [1.807, 2.05) is 39.0 Å². The number of rotatable bonds is 5. The third-order valence-electron chi connectivity index (χ3n) is 4.87. The van der Waals surface area contributed by atoms with Crippen molar-refractivity contribution in [2.75, 3.05) is 20.2 Å². The van der Waals surface area contributed by atoms with Crippen LogP contribution in [0.25, 0.3) is 11.0 Å². The third kappa shape index (κ3) is 3.37. The van der Waals surface area contributed by atoms with Crippen LogP contribution in [0.3, 0.4) is 0 Å². The zero-order valence-electron chi connectivity index (χ0n) is 14.5. The first-order valence-electron chi connectivity index (χ1n) is 8.09. The van der Waals surface area contributed by atoms with Crippen molar-refractivity contribution in [1.82, 2.24) is 10.6 Å². The highest BCUT2D eigenvalue weighted by Gasteiger charge is 2.30. The Hall–Kier alpha value is -1.72. The molecular weight excluding hydrogens is 328 g/mol. The molecule has 1 aliphatic heterocycles. The normalized spacial score (nSPS) is 16.8. The van der Waals surface area contributed by atoms with E-state index in [2.05, 4.69) is 10.6 Å². The lowest BCUT2D eigenvalue weighted by molar-refractivity contribution is -0.127. The lowest BCUT2D eigenvalue weighted by Crippen LogP contribution is -2.49. The molecule has 2 N–H and O–H groups in total. The second-order valence-electron chi connectivity index (χ2n) is 6.39. The minimum absolute atomic E-state index is 0. The molecule has 1 fully saturated rings. The summed E-state index contributed by atoms with van der Waals surface area (Å²) in [6.45, 7) is 7.82. The number of aryl methyl sites for hydroxylation is 1. The van der Waals surface area contributed by atoms with Gasteiger partial charge in [-0.2, -0.15) is 0 Å². The highest BCUT2D eigenvalue weighted by molar-refractivity contribution is 5.85. The van der Waals surface area contributed by atoms with Gasteiger partial charge in [0.05, 0.1) is 13.2 Å². The van der Waals surface area contributed by atoms with Gasteiger partial charge < -0.3 is 19.8 Å². The predicted octanol–water partition coefficient (Wildman–Crippen LogP) is 3.20. The maximum absolute atomic E-state index is 12.4. The monoisotopic (exact) mass is 352 g/mol. The Labute approximate surface area is 148 Å². The van der Waals surface area contributed by atoms with Gasteiger partial charge in [0.2, 0.25) is 5.91 Å². The topological polar surface area (TPSA) is 63.5 Å². The van der Waals surface area contributed by atoms with Crippen molar-refractivity contribution in [2.45, 2.75) is 26.8 Å². The SMILES string of the molecule is COc1ccc2oc(C(C)NC(=O)C(C)C3CNC3)c(C)c2c1.Cl. The molecule has 6 heteroatoms. The summed E-state index contributed by atoms with van der Waals surface area (Å²) in [5, 5.41) is 7.32. The smallest absolute Gasteiger partial charge is 0.223 e. The van der Waals surface area contributed by atoms with Gasteiger partial charge in [-0.3, -0.25) is 4.79 Å². The number of benzene rings is 1. The highest BCUT2D eigenvalue weighted by Crippen LogP contribution is 2.32. The van der Waals surface area contributed by atoms with Crippen LogP contribution in [0.2, 0.25) is 0 Å². The van der Waals surface area contributed by atoms with E-state index in [0.29, 0.717) is 5.92 Å². The van der Waals surface area contributed by atoms with Crippen molar-refractivity contribution >= 4 is 29.3 Å². The number of halogens is 1. The molecule has 1 amide bonds. The number of methoxy groups -OCH3 is 1. The van der Waals surface area contributed by atoms with Crippen LogP contribution in [0.1, 0.15) is 31.2 Å². The predicted molar refractivity (Wildman–Crippen MR) is 96.8 cm³/mol. The number of ether oxygens (including phenoxy) is 1. The standard InChI is InChI=1S/C18H24N2O3.ClH/c1-10(13-8-19-9-13)18(21)20-12(3)17-11(2)15-7-14(22-4)5-6-16(15)23-17;/h5-7,10,12-13,19H,8-9H2,1-4H3,(H,20,21);1H. The molecule has 24 heavy (non-hydrogen) atoms. The highest BCUT2D eigenvalue weighted by atomic mass is 35.5. The van der Waals surface area contributed by atoms with Crippen molar-refractivity contribution in [3.8, 4) is 5.75 Å². The third-order valence-corrected chi connectivity index (χ3v) is 4.87. The average Bonchev–Trinajstić information content (AvgIpc) is 2.82. The Balaban J connectivity index is 0.00000208. The van der Waals surface area contributed by atoms with Gasteiger partial charge in [0, 0.05) is 16.9 Å². The lowest BCUT2D eigenvalue weighted by atomic mass is 9.88. The van der Waals surface area contributed by atoms with Crippen LogP contribution in [0.15, 0.2) is 22.6 Å². The second kappa shape index (κ2) is 7.45. The molecular formula is C18H25ClN2O3. The summed E-state index contributed by atoms with van der Waals surface area (Å²) in [7, 11) is 1.65. The lowest BCUT2D eigenvalue weighted by Gasteiger charge is -2.32. The number of carbonyl (C=O) groups is 1. The van der Waals surface area contributed by atoms with E-state index in [1.165, 1.54) is 0 Å².